The smallest absolute Gasteiger partial charge is 0.253 e. The number of hydrogen-bond acceptors (Lipinski definition) is 6. The van der Waals surface area contributed by atoms with Crippen molar-refractivity contribution < 1.29 is 30.0 Å². The lowest BCUT2D eigenvalue weighted by molar-refractivity contribution is -0.253. The van der Waals surface area contributed by atoms with Crippen LogP contribution in [0.3, 0.4) is 0 Å². The van der Waals surface area contributed by atoms with Crippen LogP contribution in [-0.2, 0) is 9.53 Å². The van der Waals surface area contributed by atoms with Gasteiger partial charge in [-0.05, 0) is 0 Å². The maximum atomic E-state index is 11.2. The lowest BCUT2D eigenvalue weighted by Crippen LogP contribution is -2.64. The fourth-order valence-corrected chi connectivity index (χ4v) is 1.61. The molecule has 1 aliphatic rings. The van der Waals surface area contributed by atoms with Gasteiger partial charge in [-0.1, -0.05) is 23.2 Å². The number of ether oxygens (including phenoxy) is 1. The number of carbonyl (C=O) groups excluding carboxylic acids is 1. The highest BCUT2D eigenvalue weighted by molar-refractivity contribution is 6.53. The Morgan fingerprint density at radius 2 is 1.88 bits per heavy atom. The van der Waals surface area contributed by atoms with Gasteiger partial charge in [0.15, 0.2) is 11.1 Å². The molecule has 1 rings (SSSR count). The molecule has 100 valence electrons. The van der Waals surface area contributed by atoms with Gasteiger partial charge < -0.3 is 30.5 Å². The molecular weight excluding hydrogens is 277 g/mol. The van der Waals surface area contributed by atoms with Crippen LogP contribution < -0.4 is 5.32 Å². The Morgan fingerprint density at radius 1 is 1.29 bits per heavy atom. The third-order valence-electron chi connectivity index (χ3n) is 2.41. The van der Waals surface area contributed by atoms with E-state index in [1.165, 1.54) is 0 Å². The predicted molar refractivity (Wildman–Crippen MR) is 57.4 cm³/mol. The predicted octanol–water partition coefficient (Wildman–Crippen LogP) is -2.29. The molecule has 0 saturated carbocycles. The van der Waals surface area contributed by atoms with Crippen molar-refractivity contribution in [3.8, 4) is 0 Å². The minimum absolute atomic E-state index is 0.580. The van der Waals surface area contributed by atoms with Crippen molar-refractivity contribution >= 4 is 29.1 Å². The van der Waals surface area contributed by atoms with E-state index >= 15 is 0 Å². The Morgan fingerprint density at radius 3 is 2.35 bits per heavy atom. The summed E-state index contributed by atoms with van der Waals surface area (Å²) in [6.45, 7) is -0.580. The van der Waals surface area contributed by atoms with Gasteiger partial charge in [-0.3, -0.25) is 4.79 Å². The van der Waals surface area contributed by atoms with E-state index in [0.717, 1.165) is 0 Å². The molecule has 1 aliphatic heterocycles. The van der Waals surface area contributed by atoms with Crippen molar-refractivity contribution in [2.24, 2.45) is 0 Å². The minimum Gasteiger partial charge on any atom is -0.394 e. The molecule has 1 amide bonds. The van der Waals surface area contributed by atoms with Crippen LogP contribution in [0.25, 0.3) is 0 Å². The molecule has 1 unspecified atom stereocenters. The Kier molecular flexibility index (Phi) is 5.39. The summed E-state index contributed by atoms with van der Waals surface area (Å²) in [6.07, 6.45) is -5.66. The van der Waals surface area contributed by atoms with Crippen molar-refractivity contribution in [2.75, 3.05) is 6.61 Å². The summed E-state index contributed by atoms with van der Waals surface area (Å²) < 4.78 is 4.81. The molecule has 1 fully saturated rings. The van der Waals surface area contributed by atoms with Crippen molar-refractivity contribution in [3.05, 3.63) is 0 Å². The molecule has 0 spiro atoms. The largest absolute Gasteiger partial charge is 0.394 e. The summed E-state index contributed by atoms with van der Waals surface area (Å²) >= 11 is 10.6. The van der Waals surface area contributed by atoms with Gasteiger partial charge in [-0.2, -0.15) is 0 Å². The second kappa shape index (κ2) is 6.14. The van der Waals surface area contributed by atoms with Crippen LogP contribution in [0.1, 0.15) is 0 Å². The van der Waals surface area contributed by atoms with Crippen LogP contribution in [0.15, 0.2) is 0 Å². The van der Waals surface area contributed by atoms with Crippen LogP contribution in [0.5, 0.6) is 0 Å². The highest BCUT2D eigenvalue weighted by Crippen LogP contribution is 2.20. The summed E-state index contributed by atoms with van der Waals surface area (Å²) in [6, 6.07) is -1.28. The van der Waals surface area contributed by atoms with Gasteiger partial charge >= 0.3 is 0 Å². The first-order valence-corrected chi connectivity index (χ1v) is 5.64. The number of amides is 1. The summed E-state index contributed by atoms with van der Waals surface area (Å²) in [7, 11) is 0. The quantitative estimate of drug-likeness (QED) is 0.373. The summed E-state index contributed by atoms with van der Waals surface area (Å²) in [4.78, 5) is 9.80. The molecule has 1 heterocycles. The van der Waals surface area contributed by atoms with Crippen molar-refractivity contribution in [2.45, 2.75) is 35.5 Å². The molecular formula is C8H13Cl2NO6. The van der Waals surface area contributed by atoms with Gasteiger partial charge in [0.1, 0.15) is 24.4 Å². The van der Waals surface area contributed by atoms with E-state index in [9.17, 15) is 20.1 Å². The van der Waals surface area contributed by atoms with Crippen molar-refractivity contribution in [3.63, 3.8) is 0 Å². The summed E-state index contributed by atoms with van der Waals surface area (Å²) in [5.74, 6) is -0.838. The molecule has 17 heavy (non-hydrogen) atoms. The van der Waals surface area contributed by atoms with E-state index in [0.29, 0.717) is 0 Å². The fraction of sp³-hybridized carbons (Fsp3) is 0.875. The third-order valence-corrected chi connectivity index (χ3v) is 2.80. The van der Waals surface area contributed by atoms with Gasteiger partial charge in [0, 0.05) is 0 Å². The number of rotatable bonds is 3. The van der Waals surface area contributed by atoms with Crippen molar-refractivity contribution in [1.82, 2.24) is 5.32 Å². The molecule has 0 aliphatic carbocycles. The second-order valence-electron chi connectivity index (χ2n) is 3.56. The first-order valence-electron chi connectivity index (χ1n) is 4.77. The molecule has 0 aromatic heterocycles. The monoisotopic (exact) mass is 289 g/mol. The molecule has 7 nitrogen and oxygen atoms in total. The van der Waals surface area contributed by atoms with Gasteiger partial charge in [0.2, 0.25) is 0 Å². The highest BCUT2D eigenvalue weighted by atomic mass is 35.5. The number of carbonyl (C=O) groups is 1. The average Bonchev–Trinajstić information content (AvgIpc) is 2.28. The van der Waals surface area contributed by atoms with Crippen LogP contribution in [0.4, 0.5) is 0 Å². The Balaban J connectivity index is 2.69. The first kappa shape index (κ1) is 14.9. The molecule has 0 radical (unpaired) electrons. The van der Waals surface area contributed by atoms with E-state index in [4.69, 9.17) is 33.0 Å². The molecule has 0 bridgehead atoms. The minimum atomic E-state index is -1.58. The second-order valence-corrected chi connectivity index (χ2v) is 4.66. The maximum absolute atomic E-state index is 11.2. The Hall–Kier alpha value is -0.150. The number of alkyl halides is 2. The Labute approximate surface area is 107 Å². The SMILES string of the molecule is O=C(N[C@H]1C(O)O[C@H](CO)[C@@H](O)[C@@H]1O)C(Cl)Cl. The number of halogens is 2. The molecule has 9 heteroatoms. The summed E-state index contributed by atoms with van der Waals surface area (Å²) in [5, 5.41) is 39.6. The molecule has 5 atom stereocenters. The van der Waals surface area contributed by atoms with Gasteiger partial charge in [-0.15, -0.1) is 0 Å². The molecule has 0 aromatic rings. The van der Waals surface area contributed by atoms with E-state index in [2.05, 4.69) is 5.32 Å². The average molecular weight is 290 g/mol. The third kappa shape index (κ3) is 3.41. The van der Waals surface area contributed by atoms with Crippen LogP contribution in [-0.4, -0.2) is 68.4 Å². The maximum Gasteiger partial charge on any atom is 0.253 e. The zero-order chi connectivity index (χ0) is 13.2. The van der Waals surface area contributed by atoms with E-state index in [1.54, 1.807) is 0 Å². The van der Waals surface area contributed by atoms with E-state index in [1.807, 2.05) is 0 Å². The normalized spacial score (nSPS) is 38.2. The zero-order valence-electron chi connectivity index (χ0n) is 8.53. The van der Waals surface area contributed by atoms with Gasteiger partial charge in [-0.25, -0.2) is 0 Å². The lowest BCUT2D eigenvalue weighted by Gasteiger charge is -2.40. The Bertz CT molecular complexity index is 279. The standard InChI is InChI=1S/C8H13Cl2NO6/c9-6(10)7(15)11-3-5(14)4(13)2(1-12)17-8(3)16/h2-6,8,12-14,16H,1H2,(H,11,15)/t2-,3-,4-,5-,8?/m1/s1. The highest BCUT2D eigenvalue weighted by Gasteiger charge is 2.44. The van der Waals surface area contributed by atoms with E-state index in [-0.39, 0.29) is 0 Å². The number of nitrogens with one attached hydrogen (secondary N) is 1. The van der Waals surface area contributed by atoms with Crippen LogP contribution in [0, 0.1) is 0 Å². The zero-order valence-corrected chi connectivity index (χ0v) is 10.0. The van der Waals surface area contributed by atoms with E-state index < -0.39 is 48.0 Å². The van der Waals surface area contributed by atoms with Gasteiger partial charge in [0.25, 0.3) is 5.91 Å². The summed E-state index contributed by atoms with van der Waals surface area (Å²) in [5.41, 5.74) is 0. The molecule has 0 aromatic carbocycles. The fourth-order valence-electron chi connectivity index (χ4n) is 1.48. The number of aliphatic hydroxyl groups excluding tert-OH is 4. The first-order chi connectivity index (χ1) is 7.88. The topological polar surface area (TPSA) is 119 Å². The van der Waals surface area contributed by atoms with Crippen molar-refractivity contribution in [1.29, 1.82) is 0 Å². The van der Waals surface area contributed by atoms with Crippen LogP contribution in [0.2, 0.25) is 0 Å². The number of hydrogen-bond donors (Lipinski definition) is 5. The van der Waals surface area contributed by atoms with Gasteiger partial charge in [0.05, 0.1) is 6.61 Å². The lowest BCUT2D eigenvalue weighted by atomic mass is 9.97. The van der Waals surface area contributed by atoms with Crippen LogP contribution >= 0.6 is 23.2 Å². The number of aliphatic hydroxyl groups is 4. The molecule has 1 saturated heterocycles. The molecule has 5 N–H and O–H groups in total.